The van der Waals surface area contributed by atoms with Crippen LogP contribution in [0.5, 0.6) is 11.5 Å². The van der Waals surface area contributed by atoms with E-state index in [4.69, 9.17) is 37.1 Å². The Morgan fingerprint density at radius 2 is 1.68 bits per heavy atom. The van der Waals surface area contributed by atoms with Crippen molar-refractivity contribution in [2.75, 3.05) is 13.2 Å². The largest absolute Gasteiger partial charge is 0.490 e. The Hall–Kier alpha value is -2.28. The fraction of sp³-hybridized carbons (Fsp3) is 0.200. The first kappa shape index (κ1) is 19.1. The summed E-state index contributed by atoms with van der Waals surface area (Å²) in [5.74, 6) is 2.06. The number of benzene rings is 2. The van der Waals surface area contributed by atoms with Gasteiger partial charge in [-0.1, -0.05) is 29.3 Å². The molecule has 0 N–H and O–H groups in total. The van der Waals surface area contributed by atoms with Crippen LogP contribution in [0.4, 0.5) is 0 Å². The molecule has 0 atom stereocenters. The van der Waals surface area contributed by atoms with Crippen molar-refractivity contribution < 1.29 is 13.9 Å². The summed E-state index contributed by atoms with van der Waals surface area (Å²) in [6.07, 6.45) is 0. The van der Waals surface area contributed by atoms with E-state index < -0.39 is 0 Å². The second-order valence-corrected chi connectivity index (χ2v) is 7.69. The second kappa shape index (κ2) is 7.99. The third-order valence-corrected chi connectivity index (χ3v) is 5.88. The molecule has 144 valence electrons. The molecule has 0 amide bonds. The molecule has 8 heteroatoms. The summed E-state index contributed by atoms with van der Waals surface area (Å²) >= 11 is 14.1. The maximum Gasteiger partial charge on any atom is 0.259 e. The quantitative estimate of drug-likeness (QED) is 0.336. The van der Waals surface area contributed by atoms with Gasteiger partial charge in [0.05, 0.1) is 18.2 Å². The maximum atomic E-state index is 6.52. The van der Waals surface area contributed by atoms with Gasteiger partial charge in [-0.2, -0.15) is 0 Å². The van der Waals surface area contributed by atoms with Crippen molar-refractivity contribution in [1.29, 1.82) is 0 Å². The second-order valence-electron chi connectivity index (χ2n) is 5.83. The molecule has 4 rings (SSSR count). The summed E-state index contributed by atoms with van der Waals surface area (Å²) in [7, 11) is 0. The Morgan fingerprint density at radius 3 is 2.46 bits per heavy atom. The summed E-state index contributed by atoms with van der Waals surface area (Å²) in [6, 6.07) is 11.1. The third-order valence-electron chi connectivity index (χ3n) is 4.00. The molecule has 2 heterocycles. The topological polar surface area (TPSA) is 57.4 Å². The Balaban J connectivity index is 1.72. The van der Waals surface area contributed by atoms with Crippen LogP contribution in [-0.2, 0) is 0 Å². The van der Waals surface area contributed by atoms with Gasteiger partial charge in [0.2, 0.25) is 5.89 Å². The van der Waals surface area contributed by atoms with Crippen LogP contribution in [0, 0.1) is 0 Å². The minimum atomic E-state index is 0.365. The monoisotopic (exact) mass is 434 g/mol. The lowest BCUT2D eigenvalue weighted by molar-refractivity contribution is 0.288. The zero-order valence-corrected chi connectivity index (χ0v) is 17.5. The number of fused-ring (bicyclic) bond motifs is 1. The van der Waals surface area contributed by atoms with Gasteiger partial charge in [0.1, 0.15) is 4.88 Å². The standard InChI is InChI=1S/C20H16Cl2N2O3S/c1-3-25-14-8-5-11(9-15(14)26-4-2)19-23-24-20(27-19)18-17(22)13-7-6-12(21)10-16(13)28-18/h5-10H,3-4H2,1-2H3. The Bertz CT molecular complexity index is 1140. The van der Waals surface area contributed by atoms with Gasteiger partial charge in [-0.3, -0.25) is 0 Å². The van der Waals surface area contributed by atoms with E-state index in [0.29, 0.717) is 51.4 Å². The summed E-state index contributed by atoms with van der Waals surface area (Å²) in [4.78, 5) is 0.716. The van der Waals surface area contributed by atoms with Gasteiger partial charge in [0.25, 0.3) is 5.89 Å². The molecule has 28 heavy (non-hydrogen) atoms. The smallest absolute Gasteiger partial charge is 0.259 e. The molecule has 5 nitrogen and oxygen atoms in total. The number of hydrogen-bond acceptors (Lipinski definition) is 6. The minimum Gasteiger partial charge on any atom is -0.490 e. The van der Waals surface area contributed by atoms with Crippen LogP contribution in [0.15, 0.2) is 40.8 Å². The molecule has 0 saturated carbocycles. The van der Waals surface area contributed by atoms with Gasteiger partial charge in [-0.25, -0.2) is 0 Å². The van der Waals surface area contributed by atoms with Crippen molar-refractivity contribution in [2.24, 2.45) is 0 Å². The first-order valence-electron chi connectivity index (χ1n) is 8.72. The minimum absolute atomic E-state index is 0.365. The van der Waals surface area contributed by atoms with Gasteiger partial charge < -0.3 is 13.9 Å². The zero-order valence-electron chi connectivity index (χ0n) is 15.2. The van der Waals surface area contributed by atoms with Gasteiger partial charge >= 0.3 is 0 Å². The predicted molar refractivity (Wildman–Crippen MR) is 113 cm³/mol. The number of halogens is 2. The Labute approximate surface area is 175 Å². The van der Waals surface area contributed by atoms with Gasteiger partial charge in [-0.05, 0) is 44.2 Å². The average Bonchev–Trinajstić information content (AvgIpc) is 3.28. The molecule has 0 aliphatic heterocycles. The molecule has 0 saturated heterocycles. The predicted octanol–water partition coefficient (Wildman–Crippen LogP) is 6.72. The van der Waals surface area contributed by atoms with Gasteiger partial charge in [-0.15, -0.1) is 21.5 Å². The number of ether oxygens (including phenoxy) is 2. The highest BCUT2D eigenvalue weighted by atomic mass is 35.5. The van der Waals surface area contributed by atoms with Crippen LogP contribution in [0.1, 0.15) is 13.8 Å². The normalized spacial score (nSPS) is 11.1. The summed E-state index contributed by atoms with van der Waals surface area (Å²) in [5, 5.41) is 10.5. The highest BCUT2D eigenvalue weighted by molar-refractivity contribution is 7.23. The summed E-state index contributed by atoms with van der Waals surface area (Å²) in [6.45, 7) is 4.93. The first-order chi connectivity index (χ1) is 13.6. The molecule has 0 spiro atoms. The molecular weight excluding hydrogens is 419 g/mol. The van der Waals surface area contributed by atoms with Crippen molar-refractivity contribution in [1.82, 2.24) is 10.2 Å². The van der Waals surface area contributed by atoms with Crippen LogP contribution in [0.2, 0.25) is 10.0 Å². The molecular formula is C20H16Cl2N2O3S. The highest BCUT2D eigenvalue weighted by Gasteiger charge is 2.19. The van der Waals surface area contributed by atoms with Crippen LogP contribution < -0.4 is 9.47 Å². The molecule has 4 aromatic rings. The maximum absolute atomic E-state index is 6.52. The van der Waals surface area contributed by atoms with Crippen molar-refractivity contribution in [3.63, 3.8) is 0 Å². The molecule has 0 bridgehead atoms. The van der Waals surface area contributed by atoms with E-state index >= 15 is 0 Å². The number of hydrogen-bond donors (Lipinski definition) is 0. The highest BCUT2D eigenvalue weighted by Crippen LogP contribution is 2.43. The SMILES string of the molecule is CCOc1ccc(-c2nnc(-c3sc4cc(Cl)ccc4c3Cl)o2)cc1OCC. The first-order valence-corrected chi connectivity index (χ1v) is 10.3. The molecule has 0 radical (unpaired) electrons. The van der Waals surface area contributed by atoms with Gasteiger partial charge in [0, 0.05) is 20.7 Å². The van der Waals surface area contributed by atoms with E-state index in [1.54, 1.807) is 6.07 Å². The summed E-state index contributed by atoms with van der Waals surface area (Å²) < 4.78 is 18.1. The third kappa shape index (κ3) is 3.55. The molecule has 0 fully saturated rings. The van der Waals surface area contributed by atoms with Crippen LogP contribution in [0.25, 0.3) is 32.3 Å². The van der Waals surface area contributed by atoms with E-state index in [0.717, 1.165) is 15.6 Å². The lowest BCUT2D eigenvalue weighted by Gasteiger charge is -2.11. The van der Waals surface area contributed by atoms with Gasteiger partial charge in [0.15, 0.2) is 11.5 Å². The fourth-order valence-electron chi connectivity index (χ4n) is 2.79. The molecule has 0 aliphatic rings. The van der Waals surface area contributed by atoms with Crippen molar-refractivity contribution >= 4 is 44.6 Å². The number of rotatable bonds is 6. The van der Waals surface area contributed by atoms with Crippen LogP contribution in [0.3, 0.4) is 0 Å². The van der Waals surface area contributed by atoms with Crippen molar-refractivity contribution in [2.45, 2.75) is 13.8 Å². The fourth-order valence-corrected chi connectivity index (χ4v) is 4.50. The Kier molecular flexibility index (Phi) is 5.44. The number of nitrogens with zero attached hydrogens (tertiary/aromatic N) is 2. The molecule has 2 aromatic carbocycles. The van der Waals surface area contributed by atoms with E-state index in [2.05, 4.69) is 10.2 Å². The lowest BCUT2D eigenvalue weighted by Crippen LogP contribution is -1.98. The van der Waals surface area contributed by atoms with E-state index in [-0.39, 0.29) is 0 Å². The van der Waals surface area contributed by atoms with Crippen molar-refractivity contribution in [3.05, 3.63) is 46.4 Å². The molecule has 2 aromatic heterocycles. The van der Waals surface area contributed by atoms with Crippen LogP contribution in [-0.4, -0.2) is 23.4 Å². The van der Waals surface area contributed by atoms with Crippen LogP contribution >= 0.6 is 34.5 Å². The molecule has 0 aliphatic carbocycles. The summed E-state index contributed by atoms with van der Waals surface area (Å²) in [5.41, 5.74) is 0.742. The zero-order chi connectivity index (χ0) is 19.7. The van der Waals surface area contributed by atoms with Crippen molar-refractivity contribution in [3.8, 4) is 33.7 Å². The van der Waals surface area contributed by atoms with E-state index in [9.17, 15) is 0 Å². The number of thiophene rings is 1. The number of aromatic nitrogens is 2. The van der Waals surface area contributed by atoms with E-state index in [1.807, 2.05) is 44.2 Å². The van der Waals surface area contributed by atoms with E-state index in [1.165, 1.54) is 11.3 Å². The molecule has 0 unspecified atom stereocenters. The average molecular weight is 435 g/mol. The lowest BCUT2D eigenvalue weighted by atomic mass is 10.2. The Morgan fingerprint density at radius 1 is 0.929 bits per heavy atom.